The van der Waals surface area contributed by atoms with Crippen LogP contribution < -0.4 is 5.73 Å². The van der Waals surface area contributed by atoms with Crippen LogP contribution >= 0.6 is 12.4 Å². The van der Waals surface area contributed by atoms with E-state index in [-0.39, 0.29) is 35.2 Å². The number of aromatic nitrogens is 2. The summed E-state index contributed by atoms with van der Waals surface area (Å²) in [5.74, 6) is 0.240. The first kappa shape index (κ1) is 21.3. The van der Waals surface area contributed by atoms with E-state index in [0.717, 1.165) is 18.4 Å². The fourth-order valence-electron chi connectivity index (χ4n) is 4.10. The van der Waals surface area contributed by atoms with Gasteiger partial charge in [0.05, 0.1) is 12.2 Å². The lowest BCUT2D eigenvalue weighted by Gasteiger charge is -2.22. The van der Waals surface area contributed by atoms with Crippen molar-refractivity contribution in [3.05, 3.63) is 48.3 Å². The molecule has 0 bridgehead atoms. The minimum absolute atomic E-state index is 0. The second-order valence-corrected chi connectivity index (χ2v) is 9.27. The summed E-state index contributed by atoms with van der Waals surface area (Å²) in [5, 5.41) is 4.32. The second-order valence-electron chi connectivity index (χ2n) is 7.33. The Labute approximate surface area is 172 Å². The molecule has 2 N–H and O–H groups in total. The highest BCUT2D eigenvalue weighted by atomic mass is 35.5. The molecular formula is C19H27ClN4O3S. The Balaban J connectivity index is 0.00000225. The van der Waals surface area contributed by atoms with E-state index in [1.165, 1.54) is 6.20 Å². The van der Waals surface area contributed by atoms with Crippen LogP contribution in [0.25, 0.3) is 0 Å². The quantitative estimate of drug-likeness (QED) is 0.789. The maximum atomic E-state index is 13.2. The molecule has 2 aliphatic heterocycles. The monoisotopic (exact) mass is 426 g/mol. The first-order chi connectivity index (χ1) is 13.1. The molecule has 154 valence electrons. The van der Waals surface area contributed by atoms with Crippen molar-refractivity contribution in [3.63, 3.8) is 0 Å². The molecule has 0 saturated carbocycles. The van der Waals surface area contributed by atoms with Crippen LogP contribution in [0.1, 0.15) is 30.4 Å². The van der Waals surface area contributed by atoms with Crippen molar-refractivity contribution in [3.8, 4) is 0 Å². The number of ether oxygens (including phenoxy) is 1. The van der Waals surface area contributed by atoms with Gasteiger partial charge < -0.3 is 10.5 Å². The number of nitrogens with two attached hydrogens (primary N) is 1. The molecule has 4 rings (SSSR count). The van der Waals surface area contributed by atoms with Crippen molar-refractivity contribution in [1.29, 1.82) is 0 Å². The molecule has 2 saturated heterocycles. The van der Waals surface area contributed by atoms with Crippen LogP contribution in [0.2, 0.25) is 0 Å². The number of halogens is 1. The summed E-state index contributed by atoms with van der Waals surface area (Å²) in [4.78, 5) is 0.262. The van der Waals surface area contributed by atoms with Gasteiger partial charge in [-0.1, -0.05) is 30.3 Å². The number of hydrogen-bond acceptors (Lipinski definition) is 5. The number of nitrogens with zero attached hydrogens (tertiary/aromatic N) is 3. The first-order valence-electron chi connectivity index (χ1n) is 9.46. The highest BCUT2D eigenvalue weighted by Crippen LogP contribution is 2.35. The Hall–Kier alpha value is -1.45. The number of sulfonamides is 1. The molecule has 2 fully saturated rings. The normalized spacial score (nSPS) is 24.2. The van der Waals surface area contributed by atoms with E-state index in [1.54, 1.807) is 15.2 Å². The second kappa shape index (κ2) is 8.92. The molecule has 2 atom stereocenters. The Bertz CT molecular complexity index is 868. The highest BCUT2D eigenvalue weighted by Gasteiger charge is 2.40. The summed E-state index contributed by atoms with van der Waals surface area (Å²) in [6, 6.07) is 10.2. The summed E-state index contributed by atoms with van der Waals surface area (Å²) in [5.41, 5.74) is 7.10. The number of hydrogen-bond donors (Lipinski definition) is 1. The highest BCUT2D eigenvalue weighted by molar-refractivity contribution is 7.89. The average Bonchev–Trinajstić information content (AvgIpc) is 3.37. The Kier molecular flexibility index (Phi) is 6.77. The zero-order valence-electron chi connectivity index (χ0n) is 15.7. The van der Waals surface area contributed by atoms with Gasteiger partial charge in [0.15, 0.2) is 0 Å². The Morgan fingerprint density at radius 2 is 1.86 bits per heavy atom. The molecule has 7 nitrogen and oxygen atoms in total. The average molecular weight is 427 g/mol. The van der Waals surface area contributed by atoms with Gasteiger partial charge in [0.2, 0.25) is 10.0 Å². The zero-order valence-corrected chi connectivity index (χ0v) is 17.3. The lowest BCUT2D eigenvalue weighted by atomic mass is 9.89. The van der Waals surface area contributed by atoms with Crippen molar-refractivity contribution in [2.24, 2.45) is 11.7 Å². The van der Waals surface area contributed by atoms with Gasteiger partial charge in [-0.25, -0.2) is 8.42 Å². The molecule has 0 spiro atoms. The van der Waals surface area contributed by atoms with Gasteiger partial charge >= 0.3 is 0 Å². The zero-order chi connectivity index (χ0) is 18.9. The van der Waals surface area contributed by atoms with E-state index >= 15 is 0 Å². The minimum atomic E-state index is -3.58. The SMILES string of the molecule is Cl.NC[C@@H]1CN(S(=O)(=O)c2cnn(C3CCOCC3)c2)C[C@H]1c1ccccc1. The van der Waals surface area contributed by atoms with Crippen LogP contribution in [-0.2, 0) is 14.8 Å². The third kappa shape index (κ3) is 4.11. The summed E-state index contributed by atoms with van der Waals surface area (Å²) in [6.07, 6.45) is 4.85. The third-order valence-corrected chi connectivity index (χ3v) is 7.50. The molecule has 3 heterocycles. The lowest BCUT2D eigenvalue weighted by molar-refractivity contribution is 0.0662. The molecule has 0 unspecified atom stereocenters. The summed E-state index contributed by atoms with van der Waals surface area (Å²) < 4.78 is 35.1. The van der Waals surface area contributed by atoms with Gasteiger partial charge in [-0.15, -0.1) is 12.4 Å². The Morgan fingerprint density at radius 3 is 2.54 bits per heavy atom. The van der Waals surface area contributed by atoms with E-state index in [1.807, 2.05) is 30.3 Å². The molecular weight excluding hydrogens is 400 g/mol. The number of rotatable bonds is 5. The van der Waals surface area contributed by atoms with E-state index in [4.69, 9.17) is 10.5 Å². The minimum Gasteiger partial charge on any atom is -0.381 e. The maximum Gasteiger partial charge on any atom is 0.246 e. The van der Waals surface area contributed by atoms with Crippen LogP contribution in [-0.4, -0.2) is 55.4 Å². The molecule has 0 radical (unpaired) electrons. The van der Waals surface area contributed by atoms with Crippen LogP contribution in [0.4, 0.5) is 0 Å². The van der Waals surface area contributed by atoms with Gasteiger partial charge in [-0.05, 0) is 30.9 Å². The van der Waals surface area contributed by atoms with E-state index in [9.17, 15) is 8.42 Å². The summed E-state index contributed by atoms with van der Waals surface area (Å²) in [6.45, 7) is 2.75. The topological polar surface area (TPSA) is 90.5 Å². The van der Waals surface area contributed by atoms with Gasteiger partial charge in [0.25, 0.3) is 0 Å². The molecule has 28 heavy (non-hydrogen) atoms. The van der Waals surface area contributed by atoms with Crippen LogP contribution in [0.5, 0.6) is 0 Å². The van der Waals surface area contributed by atoms with Crippen LogP contribution in [0.15, 0.2) is 47.6 Å². The smallest absolute Gasteiger partial charge is 0.246 e. The molecule has 1 aromatic carbocycles. The maximum absolute atomic E-state index is 13.2. The fourth-order valence-corrected chi connectivity index (χ4v) is 5.56. The largest absolute Gasteiger partial charge is 0.381 e. The predicted octanol–water partition coefficient (Wildman–Crippen LogP) is 2.02. The van der Waals surface area contributed by atoms with Crippen molar-refractivity contribution in [2.45, 2.75) is 29.7 Å². The van der Waals surface area contributed by atoms with Gasteiger partial charge in [-0.2, -0.15) is 9.40 Å². The lowest BCUT2D eigenvalue weighted by Crippen LogP contribution is -2.29. The summed E-state index contributed by atoms with van der Waals surface area (Å²) in [7, 11) is -3.58. The predicted molar refractivity (Wildman–Crippen MR) is 109 cm³/mol. The van der Waals surface area contributed by atoms with E-state index in [2.05, 4.69) is 5.10 Å². The summed E-state index contributed by atoms with van der Waals surface area (Å²) >= 11 is 0. The fraction of sp³-hybridized carbons (Fsp3) is 0.526. The Morgan fingerprint density at radius 1 is 1.14 bits per heavy atom. The molecule has 0 aliphatic carbocycles. The number of benzene rings is 1. The molecule has 0 amide bonds. The van der Waals surface area contributed by atoms with Gasteiger partial charge in [0.1, 0.15) is 4.90 Å². The standard InChI is InChI=1S/C19H26N4O3S.ClH/c20-10-16-12-22(14-19(16)15-4-2-1-3-5-15)27(24,25)18-11-21-23(13-18)17-6-8-26-9-7-17;/h1-5,11,13,16-17,19H,6-10,12,14,20H2;1H/t16-,19+;/m1./s1. The van der Waals surface area contributed by atoms with E-state index in [0.29, 0.717) is 32.8 Å². The van der Waals surface area contributed by atoms with Crippen molar-refractivity contribution < 1.29 is 13.2 Å². The molecule has 1 aromatic heterocycles. The van der Waals surface area contributed by atoms with E-state index < -0.39 is 10.0 Å². The van der Waals surface area contributed by atoms with Gasteiger partial charge in [0, 0.05) is 38.4 Å². The van der Waals surface area contributed by atoms with Crippen molar-refractivity contribution >= 4 is 22.4 Å². The van der Waals surface area contributed by atoms with Gasteiger partial charge in [-0.3, -0.25) is 4.68 Å². The molecule has 9 heteroatoms. The van der Waals surface area contributed by atoms with Crippen LogP contribution in [0, 0.1) is 5.92 Å². The van der Waals surface area contributed by atoms with Crippen molar-refractivity contribution in [2.75, 3.05) is 32.8 Å². The van der Waals surface area contributed by atoms with Crippen molar-refractivity contribution in [1.82, 2.24) is 14.1 Å². The molecule has 2 aromatic rings. The molecule has 2 aliphatic rings. The first-order valence-corrected chi connectivity index (χ1v) is 10.9. The van der Waals surface area contributed by atoms with Crippen LogP contribution in [0.3, 0.4) is 0 Å². The third-order valence-electron chi connectivity index (χ3n) is 5.72.